The van der Waals surface area contributed by atoms with Gasteiger partial charge in [-0.2, -0.15) is 0 Å². The summed E-state index contributed by atoms with van der Waals surface area (Å²) in [4.78, 5) is 10.8. The average molecular weight is 255 g/mol. The molecular weight excluding hydrogens is 243 g/mol. The van der Waals surface area contributed by atoms with E-state index in [1.165, 1.54) is 4.44 Å². The van der Waals surface area contributed by atoms with Crippen LogP contribution in [0.5, 0.6) is 0 Å². The van der Waals surface area contributed by atoms with E-state index in [0.29, 0.717) is 0 Å². The molecule has 0 bridgehead atoms. The van der Waals surface area contributed by atoms with Crippen molar-refractivity contribution >= 4 is 21.1 Å². The van der Waals surface area contributed by atoms with Gasteiger partial charge in [-0.25, -0.2) is 0 Å². The zero-order chi connectivity index (χ0) is 8.10. The molecule has 0 N–H and O–H groups in total. The van der Waals surface area contributed by atoms with Crippen LogP contribution < -0.4 is 0 Å². The fourth-order valence-electron chi connectivity index (χ4n) is 0.801. The van der Waals surface area contributed by atoms with Crippen molar-refractivity contribution in [3.8, 4) is 0 Å². The molecule has 0 aromatic carbocycles. The first-order chi connectivity index (χ1) is 5.33. The molecule has 58 valence electrons. The summed E-state index contributed by atoms with van der Waals surface area (Å²) in [5, 5.41) is 0. The Morgan fingerprint density at radius 1 is 1.36 bits per heavy atom. The average Bonchev–Trinajstić information content (AvgIpc) is 2.04. The summed E-state index contributed by atoms with van der Waals surface area (Å²) in [7, 11) is 0. The fraction of sp³-hybridized carbons (Fsp3) is 0.500. The van der Waals surface area contributed by atoms with Gasteiger partial charge in [0.05, 0.1) is 0 Å². The van der Waals surface area contributed by atoms with Crippen molar-refractivity contribution in [2.24, 2.45) is 0 Å². The van der Waals surface area contributed by atoms with E-state index in [2.05, 4.69) is 14.9 Å². The zero-order valence-electron chi connectivity index (χ0n) is 6.96. The molecule has 11 heavy (non-hydrogen) atoms. The van der Waals surface area contributed by atoms with Crippen molar-refractivity contribution in [2.75, 3.05) is 0 Å². The van der Waals surface area contributed by atoms with Crippen LogP contribution in [0.15, 0.2) is 12.4 Å². The van der Waals surface area contributed by atoms with Crippen molar-refractivity contribution in [1.82, 2.24) is 9.97 Å². The van der Waals surface area contributed by atoms with Crippen LogP contribution in [0.1, 0.15) is 11.4 Å². The minimum atomic E-state index is -0.0369. The minimum absolute atomic E-state index is 0.0369. The van der Waals surface area contributed by atoms with E-state index < -0.39 is 0 Å². The molecule has 0 amide bonds. The van der Waals surface area contributed by atoms with Gasteiger partial charge >= 0.3 is 77.6 Å². The molecular formula is C8H12N2Sn. The normalized spacial score (nSPS) is 10.0. The van der Waals surface area contributed by atoms with Crippen molar-refractivity contribution in [3.05, 3.63) is 23.8 Å². The van der Waals surface area contributed by atoms with Gasteiger partial charge in [0.15, 0.2) is 0 Å². The molecule has 0 aliphatic rings. The monoisotopic (exact) mass is 256 g/mol. The first-order valence-electron chi connectivity index (χ1n) is 3.75. The summed E-state index contributed by atoms with van der Waals surface area (Å²) in [6.45, 7) is 1.97. The second kappa shape index (κ2) is 4.70. The molecule has 1 aromatic heterocycles. The third-order valence-electron chi connectivity index (χ3n) is 1.47. The number of rotatable bonds is 3. The number of aryl methyl sites for hydroxylation is 2. The molecule has 0 aliphatic carbocycles. The Bertz CT molecular complexity index is 208. The molecule has 0 saturated carbocycles. The van der Waals surface area contributed by atoms with Gasteiger partial charge in [0, 0.05) is 0 Å². The second-order valence-electron chi connectivity index (χ2n) is 2.50. The molecule has 0 spiro atoms. The van der Waals surface area contributed by atoms with Gasteiger partial charge in [-0.05, 0) is 0 Å². The molecule has 0 aliphatic heterocycles. The van der Waals surface area contributed by atoms with E-state index in [-0.39, 0.29) is 21.1 Å². The standard InChI is InChI=1S/C7H9N2.CH3.Sn/c1-3-7-5-8-6(2)4-9-7;;/h4-5H,1,3H2,2H3;1H3;. The molecule has 0 saturated heterocycles. The first-order valence-corrected chi connectivity index (χ1v) is 8.62. The fourth-order valence-corrected chi connectivity index (χ4v) is 2.25. The predicted molar refractivity (Wildman–Crippen MR) is 46.9 cm³/mol. The van der Waals surface area contributed by atoms with Crippen LogP contribution in [0.25, 0.3) is 0 Å². The Kier molecular flexibility index (Phi) is 3.83. The van der Waals surface area contributed by atoms with Gasteiger partial charge in [0.2, 0.25) is 0 Å². The molecule has 2 nitrogen and oxygen atoms in total. The van der Waals surface area contributed by atoms with Gasteiger partial charge in [-0.3, -0.25) is 0 Å². The third kappa shape index (κ3) is 3.18. The Morgan fingerprint density at radius 2 is 2.18 bits per heavy atom. The van der Waals surface area contributed by atoms with E-state index in [4.69, 9.17) is 0 Å². The van der Waals surface area contributed by atoms with Crippen LogP contribution in [0.3, 0.4) is 0 Å². The van der Waals surface area contributed by atoms with Crippen molar-refractivity contribution in [3.63, 3.8) is 0 Å². The van der Waals surface area contributed by atoms with Crippen LogP contribution in [-0.4, -0.2) is 31.1 Å². The Balaban J connectivity index is 2.52. The summed E-state index contributed by atoms with van der Waals surface area (Å²) in [5.41, 5.74) is 2.16. The molecule has 0 atom stereocenters. The summed E-state index contributed by atoms with van der Waals surface area (Å²) in [6, 6.07) is 0. The summed E-state index contributed by atoms with van der Waals surface area (Å²) >= 11 is -0.0369. The maximum absolute atomic E-state index is 4.28. The number of nitrogens with zero attached hydrogens (tertiary/aromatic N) is 2. The van der Waals surface area contributed by atoms with E-state index >= 15 is 0 Å². The number of hydrogen-bond donors (Lipinski definition) is 0. The van der Waals surface area contributed by atoms with Crippen molar-refractivity contribution in [1.29, 1.82) is 0 Å². The van der Waals surface area contributed by atoms with Crippen molar-refractivity contribution in [2.45, 2.75) is 22.7 Å². The Morgan fingerprint density at radius 3 is 2.73 bits per heavy atom. The first kappa shape index (κ1) is 8.97. The second-order valence-corrected chi connectivity index (χ2v) is 5.95. The molecule has 0 unspecified atom stereocenters. The van der Waals surface area contributed by atoms with Crippen LogP contribution >= 0.6 is 0 Å². The summed E-state index contributed by atoms with van der Waals surface area (Å²) < 4.78 is 1.38. The van der Waals surface area contributed by atoms with Gasteiger partial charge in [-0.15, -0.1) is 0 Å². The van der Waals surface area contributed by atoms with Gasteiger partial charge < -0.3 is 0 Å². The van der Waals surface area contributed by atoms with E-state index in [9.17, 15) is 0 Å². The van der Waals surface area contributed by atoms with Gasteiger partial charge in [0.1, 0.15) is 0 Å². The van der Waals surface area contributed by atoms with E-state index in [1.54, 1.807) is 0 Å². The Labute approximate surface area is 77.7 Å². The molecule has 0 fully saturated rings. The topological polar surface area (TPSA) is 25.8 Å². The number of hydrogen-bond acceptors (Lipinski definition) is 2. The third-order valence-corrected chi connectivity index (χ3v) is 3.61. The van der Waals surface area contributed by atoms with Crippen LogP contribution in [0.2, 0.25) is 9.38 Å². The molecule has 2 radical (unpaired) electrons. The van der Waals surface area contributed by atoms with Crippen LogP contribution in [-0.2, 0) is 6.42 Å². The quantitative estimate of drug-likeness (QED) is 0.765. The maximum atomic E-state index is 4.28. The van der Waals surface area contributed by atoms with Crippen LogP contribution in [0.4, 0.5) is 0 Å². The van der Waals surface area contributed by atoms with Crippen LogP contribution in [0, 0.1) is 6.92 Å². The molecule has 1 heterocycles. The number of aromatic nitrogens is 2. The van der Waals surface area contributed by atoms with E-state index in [0.717, 1.165) is 17.8 Å². The molecule has 1 aromatic rings. The van der Waals surface area contributed by atoms with Gasteiger partial charge in [0.25, 0.3) is 0 Å². The summed E-state index contributed by atoms with van der Waals surface area (Å²) in [6.07, 6.45) is 4.87. The van der Waals surface area contributed by atoms with Gasteiger partial charge in [-0.1, -0.05) is 0 Å². The zero-order valence-corrected chi connectivity index (χ0v) is 9.82. The SMILES string of the molecule is [CH3][Sn][CH2]Cc1cnc(C)cn1. The Hall–Kier alpha value is -0.121. The molecule has 3 heteroatoms. The van der Waals surface area contributed by atoms with Crippen molar-refractivity contribution < 1.29 is 0 Å². The summed E-state index contributed by atoms with van der Waals surface area (Å²) in [5.74, 6) is 0. The van der Waals surface area contributed by atoms with E-state index in [1.807, 2.05) is 19.3 Å². The molecule has 1 rings (SSSR count). The predicted octanol–water partition coefficient (Wildman–Crippen LogP) is 1.50.